The minimum Gasteiger partial charge on any atom is -0.491 e. The maximum absolute atomic E-state index is 11.6. The van der Waals surface area contributed by atoms with Crippen LogP contribution in [0.15, 0.2) is 22.7 Å². The van der Waals surface area contributed by atoms with E-state index in [1.54, 1.807) is 13.8 Å². The molecule has 4 nitrogen and oxygen atoms in total. The summed E-state index contributed by atoms with van der Waals surface area (Å²) in [5.74, 6) is 0.444. The first kappa shape index (κ1) is 17.0. The molecule has 5 heteroatoms. The molecule has 1 N–H and O–H groups in total. The Labute approximate surface area is 129 Å². The summed E-state index contributed by atoms with van der Waals surface area (Å²) in [6.45, 7) is 7.69. The van der Waals surface area contributed by atoms with Crippen LogP contribution in [-0.2, 0) is 16.1 Å². The van der Waals surface area contributed by atoms with Crippen LogP contribution in [0.4, 0.5) is 0 Å². The van der Waals surface area contributed by atoms with Crippen LogP contribution in [0.3, 0.4) is 0 Å². The van der Waals surface area contributed by atoms with Gasteiger partial charge in [-0.05, 0) is 54.0 Å². The van der Waals surface area contributed by atoms with Crippen molar-refractivity contribution in [2.45, 2.75) is 27.3 Å². The van der Waals surface area contributed by atoms with Gasteiger partial charge in [-0.2, -0.15) is 0 Å². The molecular formula is C15H22BrNO3. The van der Waals surface area contributed by atoms with Crippen molar-refractivity contribution < 1.29 is 14.3 Å². The molecule has 0 heterocycles. The number of carbonyl (C=O) groups is 1. The minimum atomic E-state index is -0.670. The van der Waals surface area contributed by atoms with Gasteiger partial charge in [-0.15, -0.1) is 0 Å². The number of hydrogen-bond donors (Lipinski definition) is 1. The third-order valence-corrected chi connectivity index (χ3v) is 3.52. The molecule has 0 saturated carbocycles. The van der Waals surface area contributed by atoms with Gasteiger partial charge in [-0.1, -0.05) is 13.0 Å². The van der Waals surface area contributed by atoms with Gasteiger partial charge < -0.3 is 14.8 Å². The zero-order chi connectivity index (χ0) is 15.2. The number of methoxy groups -OCH3 is 1. The van der Waals surface area contributed by atoms with Crippen molar-refractivity contribution in [2.75, 3.05) is 20.3 Å². The standard InChI is InChI=1S/C15H22BrNO3/c1-5-17-9-11-6-7-13(12(16)8-11)20-10-15(2,3)14(18)19-4/h6-8,17H,5,9-10H2,1-4H3. The largest absolute Gasteiger partial charge is 0.491 e. The van der Waals surface area contributed by atoms with Crippen LogP contribution in [0.1, 0.15) is 26.3 Å². The molecule has 0 radical (unpaired) electrons. The number of esters is 1. The van der Waals surface area contributed by atoms with Crippen molar-refractivity contribution in [3.63, 3.8) is 0 Å². The van der Waals surface area contributed by atoms with Gasteiger partial charge in [-0.3, -0.25) is 4.79 Å². The van der Waals surface area contributed by atoms with Gasteiger partial charge >= 0.3 is 5.97 Å². The Morgan fingerprint density at radius 2 is 2.10 bits per heavy atom. The van der Waals surface area contributed by atoms with E-state index in [0.29, 0.717) is 0 Å². The molecule has 0 atom stereocenters. The lowest BCUT2D eigenvalue weighted by Crippen LogP contribution is -2.32. The number of ether oxygens (including phenoxy) is 2. The van der Waals surface area contributed by atoms with Gasteiger partial charge in [0.15, 0.2) is 0 Å². The van der Waals surface area contributed by atoms with Crippen LogP contribution in [0.2, 0.25) is 0 Å². The number of nitrogens with one attached hydrogen (secondary N) is 1. The molecule has 1 aromatic rings. The van der Waals surface area contributed by atoms with E-state index in [1.165, 1.54) is 12.7 Å². The van der Waals surface area contributed by atoms with Crippen molar-refractivity contribution in [3.05, 3.63) is 28.2 Å². The van der Waals surface area contributed by atoms with Gasteiger partial charge in [0.25, 0.3) is 0 Å². The fraction of sp³-hybridized carbons (Fsp3) is 0.533. The molecule has 0 unspecified atom stereocenters. The van der Waals surface area contributed by atoms with E-state index in [0.717, 1.165) is 23.3 Å². The fourth-order valence-corrected chi connectivity index (χ4v) is 2.17. The number of carbonyl (C=O) groups excluding carboxylic acids is 1. The molecule has 20 heavy (non-hydrogen) atoms. The molecular weight excluding hydrogens is 322 g/mol. The van der Waals surface area contributed by atoms with Gasteiger partial charge in [0.2, 0.25) is 0 Å². The average Bonchev–Trinajstić information content (AvgIpc) is 2.43. The third-order valence-electron chi connectivity index (χ3n) is 2.90. The lowest BCUT2D eigenvalue weighted by molar-refractivity contribution is -0.152. The predicted molar refractivity (Wildman–Crippen MR) is 82.8 cm³/mol. The highest BCUT2D eigenvalue weighted by molar-refractivity contribution is 9.10. The van der Waals surface area contributed by atoms with E-state index in [2.05, 4.69) is 28.2 Å². The highest BCUT2D eigenvalue weighted by Crippen LogP contribution is 2.28. The molecule has 0 aliphatic rings. The summed E-state index contributed by atoms with van der Waals surface area (Å²) in [5, 5.41) is 3.27. The summed E-state index contributed by atoms with van der Waals surface area (Å²) in [5.41, 5.74) is 0.509. The number of halogens is 1. The molecule has 0 aromatic heterocycles. The first-order chi connectivity index (χ1) is 9.40. The zero-order valence-electron chi connectivity index (χ0n) is 12.5. The highest BCUT2D eigenvalue weighted by Gasteiger charge is 2.29. The molecule has 1 rings (SSSR count). The quantitative estimate of drug-likeness (QED) is 0.772. The Balaban J connectivity index is 2.67. The molecule has 0 saturated heterocycles. The van der Waals surface area contributed by atoms with Crippen LogP contribution in [-0.4, -0.2) is 26.2 Å². The Morgan fingerprint density at radius 1 is 1.40 bits per heavy atom. The smallest absolute Gasteiger partial charge is 0.314 e. The second-order valence-corrected chi connectivity index (χ2v) is 6.06. The summed E-state index contributed by atoms with van der Waals surface area (Å²) < 4.78 is 11.4. The van der Waals surface area contributed by atoms with Crippen LogP contribution in [0.5, 0.6) is 5.75 Å². The predicted octanol–water partition coefficient (Wildman–Crippen LogP) is 3.14. The van der Waals surface area contributed by atoms with Gasteiger partial charge in [0.05, 0.1) is 17.0 Å². The van der Waals surface area contributed by atoms with Gasteiger partial charge in [0.1, 0.15) is 12.4 Å². The van der Waals surface area contributed by atoms with Crippen molar-refractivity contribution in [2.24, 2.45) is 5.41 Å². The summed E-state index contributed by atoms with van der Waals surface area (Å²) >= 11 is 3.49. The minimum absolute atomic E-state index is 0.269. The molecule has 1 aromatic carbocycles. The molecule has 0 spiro atoms. The van der Waals surface area contributed by atoms with Crippen LogP contribution < -0.4 is 10.1 Å². The first-order valence-corrected chi connectivity index (χ1v) is 7.40. The van der Waals surface area contributed by atoms with Crippen LogP contribution in [0, 0.1) is 5.41 Å². The van der Waals surface area contributed by atoms with E-state index in [9.17, 15) is 4.79 Å². The van der Waals surface area contributed by atoms with E-state index in [1.807, 2.05) is 18.2 Å². The Hall–Kier alpha value is -1.07. The molecule has 112 valence electrons. The van der Waals surface area contributed by atoms with Crippen molar-refractivity contribution in [3.8, 4) is 5.75 Å². The Kier molecular flexibility index (Phi) is 6.49. The number of benzene rings is 1. The Morgan fingerprint density at radius 3 is 2.65 bits per heavy atom. The van der Waals surface area contributed by atoms with Crippen molar-refractivity contribution in [1.82, 2.24) is 5.32 Å². The molecule has 0 aliphatic carbocycles. The van der Waals surface area contributed by atoms with Crippen LogP contribution in [0.25, 0.3) is 0 Å². The maximum atomic E-state index is 11.6. The molecule has 0 amide bonds. The average molecular weight is 344 g/mol. The topological polar surface area (TPSA) is 47.6 Å². The number of rotatable bonds is 7. The normalized spacial score (nSPS) is 11.2. The van der Waals surface area contributed by atoms with E-state index in [-0.39, 0.29) is 12.6 Å². The SMILES string of the molecule is CCNCc1ccc(OCC(C)(C)C(=O)OC)c(Br)c1. The summed E-state index contributed by atoms with van der Waals surface area (Å²) in [6, 6.07) is 5.93. The molecule has 0 aliphatic heterocycles. The lowest BCUT2D eigenvalue weighted by Gasteiger charge is -2.22. The second-order valence-electron chi connectivity index (χ2n) is 5.21. The lowest BCUT2D eigenvalue weighted by atomic mass is 9.95. The second kappa shape index (κ2) is 7.64. The number of hydrogen-bond acceptors (Lipinski definition) is 4. The van der Waals surface area contributed by atoms with Crippen molar-refractivity contribution >= 4 is 21.9 Å². The fourth-order valence-electron chi connectivity index (χ4n) is 1.63. The van der Waals surface area contributed by atoms with Crippen LogP contribution >= 0.6 is 15.9 Å². The van der Waals surface area contributed by atoms with E-state index >= 15 is 0 Å². The van der Waals surface area contributed by atoms with E-state index < -0.39 is 5.41 Å². The van der Waals surface area contributed by atoms with Gasteiger partial charge in [-0.25, -0.2) is 0 Å². The first-order valence-electron chi connectivity index (χ1n) is 6.61. The van der Waals surface area contributed by atoms with Crippen molar-refractivity contribution in [1.29, 1.82) is 0 Å². The van der Waals surface area contributed by atoms with E-state index in [4.69, 9.17) is 9.47 Å². The monoisotopic (exact) mass is 343 g/mol. The summed E-state index contributed by atoms with van der Waals surface area (Å²) in [6.07, 6.45) is 0. The maximum Gasteiger partial charge on any atom is 0.314 e. The Bertz CT molecular complexity index is 460. The molecule has 0 bridgehead atoms. The highest BCUT2D eigenvalue weighted by atomic mass is 79.9. The van der Waals surface area contributed by atoms with Gasteiger partial charge in [0, 0.05) is 6.54 Å². The third kappa shape index (κ3) is 4.80. The summed E-state index contributed by atoms with van der Waals surface area (Å²) in [7, 11) is 1.38. The molecule has 0 fully saturated rings. The summed E-state index contributed by atoms with van der Waals surface area (Å²) in [4.78, 5) is 11.6. The zero-order valence-corrected chi connectivity index (χ0v) is 14.0.